The molecule has 1 N–H and O–H groups in total. The van der Waals surface area contributed by atoms with Crippen molar-refractivity contribution >= 4 is 39.3 Å². The highest BCUT2D eigenvalue weighted by atomic mass is 32.2. The van der Waals surface area contributed by atoms with Crippen LogP contribution in [0.3, 0.4) is 0 Å². The molecule has 1 aliphatic rings. The van der Waals surface area contributed by atoms with Crippen molar-refractivity contribution in [3.05, 3.63) is 36.1 Å². The van der Waals surface area contributed by atoms with Gasteiger partial charge in [-0.25, -0.2) is 8.42 Å². The van der Waals surface area contributed by atoms with E-state index in [2.05, 4.69) is 10.5 Å². The van der Waals surface area contributed by atoms with E-state index in [1.807, 2.05) is 0 Å². The Kier molecular flexibility index (Phi) is 7.72. The molecule has 0 saturated carbocycles. The van der Waals surface area contributed by atoms with Crippen LogP contribution in [-0.2, 0) is 24.4 Å². The lowest BCUT2D eigenvalue weighted by atomic mass is 10.1. The Balaban J connectivity index is 1.62. The molecular formula is C22H29N5O6S. The molecule has 1 aliphatic heterocycles. The van der Waals surface area contributed by atoms with Crippen molar-refractivity contribution in [1.29, 1.82) is 0 Å². The first-order chi connectivity index (χ1) is 16.1. The highest BCUT2D eigenvalue weighted by Crippen LogP contribution is 2.28. The molecule has 1 aromatic carbocycles. The molecule has 34 heavy (non-hydrogen) atoms. The van der Waals surface area contributed by atoms with Crippen LogP contribution >= 0.6 is 0 Å². The second-order valence-electron chi connectivity index (χ2n) is 8.05. The summed E-state index contributed by atoms with van der Waals surface area (Å²) in [4.78, 5) is 40.5. The fourth-order valence-corrected chi connectivity index (χ4v) is 5.30. The van der Waals surface area contributed by atoms with Gasteiger partial charge in [0.1, 0.15) is 5.76 Å². The van der Waals surface area contributed by atoms with Crippen LogP contribution < -0.4 is 10.2 Å². The Hall–Kier alpha value is -3.25. The third-order valence-corrected chi connectivity index (χ3v) is 7.68. The first-order valence-electron chi connectivity index (χ1n) is 11.0. The molecule has 0 unspecified atom stereocenters. The van der Waals surface area contributed by atoms with Crippen LogP contribution in [0.15, 0.2) is 39.8 Å². The molecule has 184 valence electrons. The van der Waals surface area contributed by atoms with Gasteiger partial charge in [-0.1, -0.05) is 19.0 Å². The number of anilines is 2. The molecule has 1 aromatic heterocycles. The zero-order chi connectivity index (χ0) is 25.0. The minimum absolute atomic E-state index is 0.00672. The first-order valence-corrected chi connectivity index (χ1v) is 12.4. The number of hydrogen-bond donors (Lipinski definition) is 1. The maximum Gasteiger partial charge on any atom is 0.245 e. The smallest absolute Gasteiger partial charge is 0.245 e. The van der Waals surface area contributed by atoms with Gasteiger partial charge in [0, 0.05) is 44.9 Å². The van der Waals surface area contributed by atoms with Crippen LogP contribution in [0.25, 0.3) is 0 Å². The lowest BCUT2D eigenvalue weighted by Gasteiger charge is -2.21. The predicted octanol–water partition coefficient (Wildman–Crippen LogP) is 1.46. The molecule has 0 aliphatic carbocycles. The number of nitrogens with one attached hydrogen (secondary N) is 1. The number of rotatable bonds is 9. The van der Waals surface area contributed by atoms with Crippen LogP contribution in [0.1, 0.15) is 26.0 Å². The van der Waals surface area contributed by atoms with Gasteiger partial charge in [-0.05, 0) is 31.2 Å². The average Bonchev–Trinajstić information content (AvgIpc) is 3.38. The molecule has 1 saturated heterocycles. The van der Waals surface area contributed by atoms with Gasteiger partial charge in [-0.15, -0.1) is 0 Å². The van der Waals surface area contributed by atoms with Gasteiger partial charge < -0.3 is 19.6 Å². The SMILES string of the molecule is CCN(CC)S(=O)(=O)c1ccc(N2C[C@H](C(=O)N(C)CC(=O)Nc3cc(C)on3)CC2=O)cc1. The molecule has 0 spiro atoms. The molecule has 1 fully saturated rings. The normalized spacial score (nSPS) is 16.2. The van der Waals surface area contributed by atoms with E-state index in [4.69, 9.17) is 4.52 Å². The Morgan fingerprint density at radius 2 is 1.85 bits per heavy atom. The number of nitrogens with zero attached hydrogens (tertiary/aromatic N) is 4. The number of amides is 3. The van der Waals surface area contributed by atoms with Crippen molar-refractivity contribution < 1.29 is 27.3 Å². The first kappa shape index (κ1) is 25.4. The van der Waals surface area contributed by atoms with E-state index in [1.165, 1.54) is 33.3 Å². The van der Waals surface area contributed by atoms with Crippen LogP contribution in [0.2, 0.25) is 0 Å². The van der Waals surface area contributed by atoms with Gasteiger partial charge in [0.05, 0.1) is 17.4 Å². The van der Waals surface area contributed by atoms with Gasteiger partial charge >= 0.3 is 0 Å². The van der Waals surface area contributed by atoms with E-state index in [0.717, 1.165) is 0 Å². The molecule has 0 bridgehead atoms. The number of carbonyl (C=O) groups is 3. The van der Waals surface area contributed by atoms with E-state index >= 15 is 0 Å². The zero-order valence-electron chi connectivity index (χ0n) is 19.6. The van der Waals surface area contributed by atoms with E-state index in [9.17, 15) is 22.8 Å². The molecule has 12 heteroatoms. The standard InChI is InChI=1S/C22H29N5O6S/c1-5-26(6-2)34(31,32)18-9-7-17(8-10-18)27-13-16(12-21(27)29)22(30)25(4)14-20(28)23-19-11-15(3)33-24-19/h7-11,16H,5-6,12-14H2,1-4H3,(H,23,24,28)/t16-/m1/s1. The van der Waals surface area contributed by atoms with Crippen LogP contribution in [0, 0.1) is 12.8 Å². The van der Waals surface area contributed by atoms with E-state index < -0.39 is 21.8 Å². The average molecular weight is 492 g/mol. The summed E-state index contributed by atoms with van der Waals surface area (Å²) in [5, 5.41) is 6.23. The second kappa shape index (κ2) is 10.3. The summed E-state index contributed by atoms with van der Waals surface area (Å²) in [6.45, 7) is 5.90. The third-order valence-electron chi connectivity index (χ3n) is 5.62. The number of carbonyl (C=O) groups excluding carboxylic acids is 3. The van der Waals surface area contributed by atoms with Crippen LogP contribution in [0.4, 0.5) is 11.5 Å². The van der Waals surface area contributed by atoms with Gasteiger partial charge in [-0.3, -0.25) is 14.4 Å². The van der Waals surface area contributed by atoms with Crippen molar-refractivity contribution in [2.75, 3.05) is 43.4 Å². The largest absolute Gasteiger partial charge is 0.360 e. The maximum atomic E-state index is 12.8. The number of aromatic nitrogens is 1. The monoisotopic (exact) mass is 491 g/mol. The topological polar surface area (TPSA) is 133 Å². The fraction of sp³-hybridized carbons (Fsp3) is 0.455. The molecule has 0 radical (unpaired) electrons. The van der Waals surface area contributed by atoms with Crippen molar-refractivity contribution in [2.24, 2.45) is 5.92 Å². The summed E-state index contributed by atoms with van der Waals surface area (Å²) < 4.78 is 31.6. The van der Waals surface area contributed by atoms with Gasteiger partial charge in [-0.2, -0.15) is 4.31 Å². The summed E-state index contributed by atoms with van der Waals surface area (Å²) in [5.74, 6) is -0.814. The van der Waals surface area contributed by atoms with Crippen molar-refractivity contribution in [3.63, 3.8) is 0 Å². The molecule has 3 rings (SSSR count). The van der Waals surface area contributed by atoms with Crippen molar-refractivity contribution in [2.45, 2.75) is 32.1 Å². The maximum absolute atomic E-state index is 12.8. The van der Waals surface area contributed by atoms with Gasteiger partial charge in [0.25, 0.3) is 0 Å². The number of likely N-dealkylation sites (N-methyl/N-ethyl adjacent to an activating group) is 1. The van der Waals surface area contributed by atoms with Crippen LogP contribution in [0.5, 0.6) is 0 Å². The third kappa shape index (κ3) is 5.45. The van der Waals surface area contributed by atoms with Crippen LogP contribution in [-0.4, -0.2) is 73.7 Å². The van der Waals surface area contributed by atoms with Crippen molar-refractivity contribution in [3.8, 4) is 0 Å². The number of benzene rings is 1. The number of sulfonamides is 1. The summed E-state index contributed by atoms with van der Waals surface area (Å²) >= 11 is 0. The van der Waals surface area contributed by atoms with E-state index in [1.54, 1.807) is 39.0 Å². The highest BCUT2D eigenvalue weighted by Gasteiger charge is 2.37. The molecule has 3 amide bonds. The zero-order valence-corrected chi connectivity index (χ0v) is 20.5. The lowest BCUT2D eigenvalue weighted by molar-refractivity contribution is -0.137. The molecule has 2 heterocycles. The molecule has 2 aromatic rings. The van der Waals surface area contributed by atoms with E-state index in [0.29, 0.717) is 24.5 Å². The Morgan fingerprint density at radius 3 is 2.41 bits per heavy atom. The Bertz CT molecular complexity index is 1160. The summed E-state index contributed by atoms with van der Waals surface area (Å²) in [6.07, 6.45) is 0.00672. The fourth-order valence-electron chi connectivity index (χ4n) is 3.85. The van der Waals surface area contributed by atoms with Crippen molar-refractivity contribution in [1.82, 2.24) is 14.4 Å². The summed E-state index contributed by atoms with van der Waals surface area (Å²) in [5.41, 5.74) is 0.514. The molecular weight excluding hydrogens is 462 g/mol. The predicted molar refractivity (Wildman–Crippen MR) is 125 cm³/mol. The van der Waals surface area contributed by atoms with E-state index in [-0.39, 0.29) is 42.0 Å². The quantitative estimate of drug-likeness (QED) is 0.561. The van der Waals surface area contributed by atoms with Gasteiger partial charge in [0.2, 0.25) is 27.7 Å². The number of hydrogen-bond acceptors (Lipinski definition) is 7. The minimum Gasteiger partial charge on any atom is -0.360 e. The molecule has 1 atom stereocenters. The lowest BCUT2D eigenvalue weighted by Crippen LogP contribution is -2.39. The summed E-state index contributed by atoms with van der Waals surface area (Å²) in [7, 11) is -2.11. The Labute approximate surface area is 198 Å². The molecule has 11 nitrogen and oxygen atoms in total. The summed E-state index contributed by atoms with van der Waals surface area (Å²) in [6, 6.07) is 7.63. The Morgan fingerprint density at radius 1 is 1.21 bits per heavy atom. The minimum atomic E-state index is -3.60. The number of aryl methyl sites for hydroxylation is 1. The highest BCUT2D eigenvalue weighted by molar-refractivity contribution is 7.89. The second-order valence-corrected chi connectivity index (χ2v) is 9.99. The van der Waals surface area contributed by atoms with Gasteiger partial charge in [0.15, 0.2) is 5.82 Å².